The molecule has 0 aliphatic heterocycles. The second-order valence-corrected chi connectivity index (χ2v) is 4.18. The molecule has 0 unspecified atom stereocenters. The molecule has 2 rings (SSSR count). The van der Waals surface area contributed by atoms with Gasteiger partial charge in [0.05, 0.1) is 17.4 Å². The zero-order valence-corrected chi connectivity index (χ0v) is 10.8. The highest BCUT2D eigenvalue weighted by molar-refractivity contribution is 5.61. The van der Waals surface area contributed by atoms with Gasteiger partial charge in [-0.2, -0.15) is 5.26 Å². The Morgan fingerprint density at radius 2 is 1.42 bits per heavy atom. The van der Waals surface area contributed by atoms with Gasteiger partial charge >= 0.3 is 0 Å². The van der Waals surface area contributed by atoms with Crippen LogP contribution in [0.2, 0.25) is 0 Å². The Bertz CT molecular complexity index is 477. The number of nitrogens with zero attached hydrogens (tertiary/aromatic N) is 2. The maximum Gasteiger partial charge on any atom is 0.0622 e. The van der Waals surface area contributed by atoms with E-state index >= 15 is 0 Å². The lowest BCUT2D eigenvalue weighted by atomic mass is 10.2. The number of unbranched alkanes of at least 4 members (excludes halogenated alkanes) is 1. The van der Waals surface area contributed by atoms with Gasteiger partial charge in [-0.25, -0.2) is 5.43 Å². The molecular weight excluding hydrogens is 234 g/mol. The summed E-state index contributed by atoms with van der Waals surface area (Å²) in [6, 6.07) is 22.5. The van der Waals surface area contributed by atoms with Gasteiger partial charge in [0.25, 0.3) is 0 Å². The van der Waals surface area contributed by atoms with E-state index in [1.165, 1.54) is 0 Å². The van der Waals surface area contributed by atoms with Crippen LogP contribution in [0.15, 0.2) is 60.7 Å². The molecule has 3 nitrogen and oxygen atoms in total. The van der Waals surface area contributed by atoms with Crippen LogP contribution in [0.5, 0.6) is 0 Å². The van der Waals surface area contributed by atoms with Gasteiger partial charge in [0.15, 0.2) is 0 Å². The average molecular weight is 251 g/mol. The number of hydrogen-bond donors (Lipinski definition) is 1. The van der Waals surface area contributed by atoms with Gasteiger partial charge in [0, 0.05) is 13.0 Å². The van der Waals surface area contributed by atoms with E-state index in [1.54, 1.807) is 0 Å². The molecule has 19 heavy (non-hydrogen) atoms. The highest BCUT2D eigenvalue weighted by atomic mass is 15.5. The topological polar surface area (TPSA) is 39.1 Å². The van der Waals surface area contributed by atoms with Crippen molar-refractivity contribution in [3.8, 4) is 6.07 Å². The monoisotopic (exact) mass is 251 g/mol. The molecule has 0 heterocycles. The lowest BCUT2D eigenvalue weighted by molar-refractivity contribution is 0.668. The van der Waals surface area contributed by atoms with E-state index in [-0.39, 0.29) is 0 Å². The van der Waals surface area contributed by atoms with E-state index < -0.39 is 0 Å². The maximum atomic E-state index is 8.57. The standard InChI is InChI=1S/C16H17N3/c17-13-7-8-14-18-19(15-9-3-1-4-10-15)16-11-5-2-6-12-16/h1-6,9-12,18H,7-8,14H2. The van der Waals surface area contributed by atoms with Gasteiger partial charge in [-0.15, -0.1) is 0 Å². The summed E-state index contributed by atoms with van der Waals surface area (Å²) in [5, 5.41) is 10.6. The molecule has 96 valence electrons. The molecule has 0 fully saturated rings. The van der Waals surface area contributed by atoms with Gasteiger partial charge in [0.2, 0.25) is 0 Å². The van der Waals surface area contributed by atoms with Crippen molar-refractivity contribution < 1.29 is 0 Å². The Hall–Kier alpha value is -2.31. The van der Waals surface area contributed by atoms with Crippen LogP contribution in [-0.4, -0.2) is 6.54 Å². The second-order valence-electron chi connectivity index (χ2n) is 4.18. The molecule has 0 bridgehead atoms. The minimum absolute atomic E-state index is 0.574. The molecule has 1 N–H and O–H groups in total. The van der Waals surface area contributed by atoms with Gasteiger partial charge in [-0.3, -0.25) is 5.01 Å². The molecule has 0 saturated carbocycles. The summed E-state index contributed by atoms with van der Waals surface area (Å²) in [6.45, 7) is 0.775. The van der Waals surface area contributed by atoms with E-state index in [0.717, 1.165) is 24.3 Å². The first kappa shape index (κ1) is 13.1. The maximum absolute atomic E-state index is 8.57. The van der Waals surface area contributed by atoms with Crippen molar-refractivity contribution in [3.63, 3.8) is 0 Å². The predicted molar refractivity (Wildman–Crippen MR) is 77.9 cm³/mol. The van der Waals surface area contributed by atoms with Crippen molar-refractivity contribution in [2.75, 3.05) is 11.6 Å². The Morgan fingerprint density at radius 3 is 1.89 bits per heavy atom. The van der Waals surface area contributed by atoms with Crippen LogP contribution < -0.4 is 10.4 Å². The number of hydrazine groups is 1. The summed E-state index contributed by atoms with van der Waals surface area (Å²) in [4.78, 5) is 0. The minimum atomic E-state index is 0.574. The molecule has 2 aromatic carbocycles. The van der Waals surface area contributed by atoms with E-state index in [4.69, 9.17) is 5.26 Å². The summed E-state index contributed by atoms with van der Waals surface area (Å²) in [5.74, 6) is 0. The van der Waals surface area contributed by atoms with E-state index in [9.17, 15) is 0 Å². The zero-order chi connectivity index (χ0) is 13.3. The van der Waals surface area contributed by atoms with Crippen LogP contribution in [0.25, 0.3) is 0 Å². The largest absolute Gasteiger partial charge is 0.277 e. The molecular formula is C16H17N3. The third-order valence-electron chi connectivity index (χ3n) is 2.76. The zero-order valence-electron chi connectivity index (χ0n) is 10.8. The Balaban J connectivity index is 2.13. The summed E-state index contributed by atoms with van der Waals surface area (Å²) in [6.07, 6.45) is 1.41. The van der Waals surface area contributed by atoms with Gasteiger partial charge in [-0.1, -0.05) is 36.4 Å². The van der Waals surface area contributed by atoms with Crippen LogP contribution in [0.4, 0.5) is 11.4 Å². The van der Waals surface area contributed by atoms with Crippen molar-refractivity contribution in [3.05, 3.63) is 60.7 Å². The molecule has 0 aliphatic rings. The van der Waals surface area contributed by atoms with Crippen LogP contribution in [0, 0.1) is 11.3 Å². The number of para-hydroxylation sites is 2. The molecule has 0 saturated heterocycles. The van der Waals surface area contributed by atoms with Crippen molar-refractivity contribution in [2.24, 2.45) is 0 Å². The number of anilines is 2. The van der Waals surface area contributed by atoms with Gasteiger partial charge in [0.1, 0.15) is 0 Å². The fraction of sp³-hybridized carbons (Fsp3) is 0.188. The fourth-order valence-corrected chi connectivity index (χ4v) is 1.84. The van der Waals surface area contributed by atoms with Crippen LogP contribution in [0.3, 0.4) is 0 Å². The average Bonchev–Trinajstić information content (AvgIpc) is 2.49. The molecule has 0 radical (unpaired) electrons. The Morgan fingerprint density at radius 1 is 0.895 bits per heavy atom. The Kier molecular flexibility index (Phi) is 4.97. The lowest BCUT2D eigenvalue weighted by Crippen LogP contribution is -2.34. The molecule has 0 aromatic heterocycles. The molecule has 0 spiro atoms. The van der Waals surface area contributed by atoms with Crippen molar-refractivity contribution >= 4 is 11.4 Å². The van der Waals surface area contributed by atoms with Crippen LogP contribution in [-0.2, 0) is 0 Å². The number of hydrogen-bond acceptors (Lipinski definition) is 3. The highest BCUT2D eigenvalue weighted by Crippen LogP contribution is 2.22. The highest BCUT2D eigenvalue weighted by Gasteiger charge is 2.07. The summed E-state index contributed by atoms with van der Waals surface area (Å²) < 4.78 is 0. The van der Waals surface area contributed by atoms with Crippen molar-refractivity contribution in [1.82, 2.24) is 5.43 Å². The normalized spacial score (nSPS) is 9.84. The summed E-state index contributed by atoms with van der Waals surface area (Å²) in [7, 11) is 0. The third kappa shape index (κ3) is 3.84. The van der Waals surface area contributed by atoms with E-state index in [1.807, 2.05) is 36.4 Å². The first-order valence-electron chi connectivity index (χ1n) is 6.42. The van der Waals surface area contributed by atoms with Crippen molar-refractivity contribution in [2.45, 2.75) is 12.8 Å². The van der Waals surface area contributed by atoms with Crippen LogP contribution >= 0.6 is 0 Å². The van der Waals surface area contributed by atoms with Crippen molar-refractivity contribution in [1.29, 1.82) is 5.26 Å². The molecule has 2 aromatic rings. The smallest absolute Gasteiger partial charge is 0.0622 e. The molecule has 0 atom stereocenters. The Labute approximate surface area is 114 Å². The lowest BCUT2D eigenvalue weighted by Gasteiger charge is -2.25. The van der Waals surface area contributed by atoms with E-state index in [2.05, 4.69) is 40.8 Å². The first-order chi connectivity index (χ1) is 9.42. The quantitative estimate of drug-likeness (QED) is 0.629. The number of nitriles is 1. The van der Waals surface area contributed by atoms with Gasteiger partial charge < -0.3 is 0 Å². The van der Waals surface area contributed by atoms with Gasteiger partial charge in [-0.05, 0) is 30.7 Å². The molecule has 0 aliphatic carbocycles. The number of benzene rings is 2. The summed E-state index contributed by atoms with van der Waals surface area (Å²) >= 11 is 0. The second kappa shape index (κ2) is 7.20. The molecule has 0 amide bonds. The SMILES string of the molecule is N#CCCCNN(c1ccccc1)c1ccccc1. The predicted octanol–water partition coefficient (Wildman–Crippen LogP) is 3.63. The summed E-state index contributed by atoms with van der Waals surface area (Å²) in [5.41, 5.74) is 5.55. The van der Waals surface area contributed by atoms with Crippen LogP contribution in [0.1, 0.15) is 12.8 Å². The third-order valence-corrected chi connectivity index (χ3v) is 2.76. The number of rotatable bonds is 6. The first-order valence-corrected chi connectivity index (χ1v) is 6.42. The fourth-order valence-electron chi connectivity index (χ4n) is 1.84. The number of nitrogens with one attached hydrogen (secondary N) is 1. The van der Waals surface area contributed by atoms with E-state index in [0.29, 0.717) is 6.42 Å². The molecule has 3 heteroatoms. The minimum Gasteiger partial charge on any atom is -0.277 e.